The Kier molecular flexibility index (Phi) is 6.39. The summed E-state index contributed by atoms with van der Waals surface area (Å²) in [6.07, 6.45) is 2.81. The van der Waals surface area contributed by atoms with Gasteiger partial charge in [0.25, 0.3) is 5.91 Å². The summed E-state index contributed by atoms with van der Waals surface area (Å²) in [6.45, 7) is 3.62. The molecule has 0 bridgehead atoms. The maximum Gasteiger partial charge on any atom is 0.251 e. The van der Waals surface area contributed by atoms with Crippen LogP contribution in [0, 0.1) is 6.92 Å². The number of aryl methyl sites for hydroxylation is 1. The summed E-state index contributed by atoms with van der Waals surface area (Å²) in [4.78, 5) is 32.1. The number of benzene rings is 2. The molecular weight excluding hydrogens is 446 g/mol. The third-order valence-corrected chi connectivity index (χ3v) is 7.79. The van der Waals surface area contributed by atoms with Crippen molar-refractivity contribution in [3.63, 3.8) is 0 Å². The lowest BCUT2D eigenvalue weighted by Crippen LogP contribution is -2.33. The number of aliphatic hydroxyl groups is 1. The number of carbonyl (C=O) groups is 2. The van der Waals surface area contributed by atoms with Gasteiger partial charge in [0.15, 0.2) is 0 Å². The van der Waals surface area contributed by atoms with Crippen molar-refractivity contribution < 1.29 is 14.7 Å². The van der Waals surface area contributed by atoms with Crippen molar-refractivity contribution in [1.29, 1.82) is 0 Å². The van der Waals surface area contributed by atoms with Crippen LogP contribution >= 0.6 is 11.8 Å². The summed E-state index contributed by atoms with van der Waals surface area (Å²) >= 11 is 1.44. The smallest absolute Gasteiger partial charge is 0.251 e. The van der Waals surface area contributed by atoms with E-state index in [0.717, 1.165) is 44.8 Å². The van der Waals surface area contributed by atoms with Crippen LogP contribution in [0.15, 0.2) is 65.8 Å². The van der Waals surface area contributed by atoms with Gasteiger partial charge in [-0.15, -0.1) is 0 Å². The summed E-state index contributed by atoms with van der Waals surface area (Å²) in [6, 6.07) is 17.8. The summed E-state index contributed by atoms with van der Waals surface area (Å²) in [7, 11) is 0. The molecule has 3 aromatic rings. The van der Waals surface area contributed by atoms with Crippen molar-refractivity contribution in [2.45, 2.75) is 36.1 Å². The van der Waals surface area contributed by atoms with E-state index in [4.69, 9.17) is 4.98 Å². The van der Waals surface area contributed by atoms with Crippen LogP contribution < -0.4 is 5.32 Å². The SMILES string of the molecule is Cc1cc(-c2ccc3c(c2)C(=O)NCC3)cnc1SC(C(=O)N1CC[C@H](O)C1)c1ccccc1. The highest BCUT2D eigenvalue weighted by molar-refractivity contribution is 8.00. The molecule has 0 aliphatic carbocycles. The molecule has 2 atom stereocenters. The van der Waals surface area contributed by atoms with Gasteiger partial charge in [-0.3, -0.25) is 9.59 Å². The van der Waals surface area contributed by atoms with Crippen LogP contribution in [-0.2, 0) is 11.2 Å². The average Bonchev–Trinajstić information content (AvgIpc) is 3.30. The molecule has 2 aliphatic rings. The molecule has 174 valence electrons. The Balaban J connectivity index is 1.42. The number of fused-ring (bicyclic) bond motifs is 1. The van der Waals surface area contributed by atoms with Crippen LogP contribution in [0.25, 0.3) is 11.1 Å². The summed E-state index contributed by atoms with van der Waals surface area (Å²) in [5.74, 6) is -0.0325. The number of nitrogens with one attached hydrogen (secondary N) is 1. The average molecular weight is 474 g/mol. The Morgan fingerprint density at radius 2 is 2.00 bits per heavy atom. The zero-order valence-corrected chi connectivity index (χ0v) is 19.8. The maximum absolute atomic E-state index is 13.4. The molecule has 0 spiro atoms. The molecule has 2 amide bonds. The number of pyridine rings is 1. The molecule has 2 N–H and O–H groups in total. The van der Waals surface area contributed by atoms with E-state index in [9.17, 15) is 14.7 Å². The number of β-amino-alcohol motifs (C(OH)–C–C–N with tert-alkyl or cyclic N) is 1. The van der Waals surface area contributed by atoms with Crippen LogP contribution in [0.5, 0.6) is 0 Å². The quantitative estimate of drug-likeness (QED) is 0.552. The first-order valence-electron chi connectivity index (χ1n) is 11.6. The standard InChI is InChI=1S/C27H27N3O3S/c1-17-13-21(20-8-7-18-9-11-28-25(32)23(18)14-20)15-29-26(17)34-24(19-5-3-2-4-6-19)27(33)30-12-10-22(31)16-30/h2-8,13-15,22,24,31H,9-12,16H2,1H3,(H,28,32)/t22-,24?/m0/s1. The molecule has 2 aliphatic heterocycles. The van der Waals surface area contributed by atoms with E-state index in [2.05, 4.69) is 11.4 Å². The first kappa shape index (κ1) is 22.6. The molecule has 6 nitrogen and oxygen atoms in total. The van der Waals surface area contributed by atoms with Crippen molar-refractivity contribution in [3.05, 3.63) is 83.0 Å². The Bertz CT molecular complexity index is 1230. The lowest BCUT2D eigenvalue weighted by molar-refractivity contribution is -0.130. The maximum atomic E-state index is 13.4. The highest BCUT2D eigenvalue weighted by Crippen LogP contribution is 2.39. The van der Waals surface area contributed by atoms with Gasteiger partial charge >= 0.3 is 0 Å². The number of rotatable bonds is 5. The number of hydrogen-bond donors (Lipinski definition) is 2. The molecular formula is C27H27N3O3S. The van der Waals surface area contributed by atoms with Gasteiger partial charge < -0.3 is 15.3 Å². The van der Waals surface area contributed by atoms with E-state index in [1.807, 2.05) is 61.7 Å². The van der Waals surface area contributed by atoms with E-state index in [0.29, 0.717) is 26.1 Å². The molecule has 2 aromatic carbocycles. The molecule has 1 fully saturated rings. The fourth-order valence-electron chi connectivity index (χ4n) is 4.54. The molecule has 7 heteroatoms. The largest absolute Gasteiger partial charge is 0.391 e. The van der Waals surface area contributed by atoms with E-state index in [1.165, 1.54) is 11.8 Å². The zero-order valence-electron chi connectivity index (χ0n) is 19.0. The number of carbonyl (C=O) groups excluding carboxylic acids is 2. The van der Waals surface area contributed by atoms with Gasteiger partial charge in [-0.25, -0.2) is 4.98 Å². The van der Waals surface area contributed by atoms with Crippen molar-refractivity contribution in [1.82, 2.24) is 15.2 Å². The Hall–Kier alpha value is -3.16. The van der Waals surface area contributed by atoms with Gasteiger partial charge in [-0.2, -0.15) is 0 Å². The molecule has 34 heavy (non-hydrogen) atoms. The van der Waals surface area contributed by atoms with Crippen molar-refractivity contribution >= 4 is 23.6 Å². The number of amides is 2. The van der Waals surface area contributed by atoms with Gasteiger partial charge in [0.2, 0.25) is 5.91 Å². The Labute approximate surface area is 203 Å². The summed E-state index contributed by atoms with van der Waals surface area (Å²) in [5, 5.41) is 13.2. The van der Waals surface area contributed by atoms with Crippen LogP contribution in [0.4, 0.5) is 0 Å². The third kappa shape index (κ3) is 4.58. The monoisotopic (exact) mass is 473 g/mol. The van der Waals surface area contributed by atoms with E-state index < -0.39 is 11.4 Å². The molecule has 1 saturated heterocycles. The van der Waals surface area contributed by atoms with Gasteiger partial charge in [0.1, 0.15) is 5.25 Å². The van der Waals surface area contributed by atoms with Crippen LogP contribution in [0.2, 0.25) is 0 Å². The minimum atomic E-state index is -0.455. The van der Waals surface area contributed by atoms with Crippen molar-refractivity contribution in [2.24, 2.45) is 0 Å². The second-order valence-electron chi connectivity index (χ2n) is 8.86. The predicted octanol–water partition coefficient (Wildman–Crippen LogP) is 3.77. The molecule has 1 unspecified atom stereocenters. The number of nitrogens with zero attached hydrogens (tertiary/aromatic N) is 2. The molecule has 1 aromatic heterocycles. The van der Waals surface area contributed by atoms with Gasteiger partial charge in [0, 0.05) is 37.0 Å². The van der Waals surface area contributed by atoms with E-state index in [-0.39, 0.29) is 11.8 Å². The molecule has 3 heterocycles. The topological polar surface area (TPSA) is 82.5 Å². The normalized spacial score (nSPS) is 18.4. The fraction of sp³-hybridized carbons (Fsp3) is 0.296. The fourth-order valence-corrected chi connectivity index (χ4v) is 5.67. The van der Waals surface area contributed by atoms with E-state index >= 15 is 0 Å². The molecule has 0 saturated carbocycles. The van der Waals surface area contributed by atoms with Crippen molar-refractivity contribution in [3.8, 4) is 11.1 Å². The van der Waals surface area contributed by atoms with Crippen LogP contribution in [0.1, 0.15) is 38.7 Å². The minimum Gasteiger partial charge on any atom is -0.391 e. The summed E-state index contributed by atoms with van der Waals surface area (Å²) < 4.78 is 0. The van der Waals surface area contributed by atoms with Crippen molar-refractivity contribution in [2.75, 3.05) is 19.6 Å². The lowest BCUT2D eigenvalue weighted by atomic mass is 9.95. The molecule has 0 radical (unpaired) electrons. The number of aliphatic hydroxyl groups excluding tert-OH is 1. The van der Waals surface area contributed by atoms with Gasteiger partial charge in [-0.1, -0.05) is 54.2 Å². The predicted molar refractivity (Wildman–Crippen MR) is 133 cm³/mol. The second-order valence-corrected chi connectivity index (χ2v) is 9.95. The van der Waals surface area contributed by atoms with Gasteiger partial charge in [0.05, 0.1) is 11.1 Å². The highest BCUT2D eigenvalue weighted by Gasteiger charge is 2.32. The van der Waals surface area contributed by atoms with Crippen LogP contribution in [0.3, 0.4) is 0 Å². The first-order chi connectivity index (χ1) is 16.5. The van der Waals surface area contributed by atoms with E-state index in [1.54, 1.807) is 4.90 Å². The zero-order chi connectivity index (χ0) is 23.7. The first-order valence-corrected chi connectivity index (χ1v) is 12.4. The Morgan fingerprint density at radius 1 is 1.18 bits per heavy atom. The van der Waals surface area contributed by atoms with Crippen LogP contribution in [-0.4, -0.2) is 52.5 Å². The molecule has 5 rings (SSSR count). The number of hydrogen-bond acceptors (Lipinski definition) is 5. The highest BCUT2D eigenvalue weighted by atomic mass is 32.2. The lowest BCUT2D eigenvalue weighted by Gasteiger charge is -2.23. The van der Waals surface area contributed by atoms with Gasteiger partial charge in [-0.05, 0) is 54.2 Å². The number of thioether (sulfide) groups is 1. The Morgan fingerprint density at radius 3 is 2.74 bits per heavy atom. The summed E-state index contributed by atoms with van der Waals surface area (Å²) in [5.41, 5.74) is 5.57. The third-order valence-electron chi connectivity index (χ3n) is 6.43. The number of aromatic nitrogens is 1. The second kappa shape index (κ2) is 9.60. The number of likely N-dealkylation sites (tertiary alicyclic amines) is 1. The minimum absolute atomic E-state index is 0.00118.